The molecular weight excluding hydrogens is 240 g/mol. The topological polar surface area (TPSA) is 106 Å². The Morgan fingerprint density at radius 2 is 2.44 bits per heavy atom. The van der Waals surface area contributed by atoms with Crippen LogP contribution in [-0.2, 0) is 20.9 Å². The minimum Gasteiger partial charge on any atom is -0.481 e. The fraction of sp³-hybridized carbons (Fsp3) is 0.600. The second-order valence-electron chi connectivity index (χ2n) is 4.46. The zero-order valence-electron chi connectivity index (χ0n) is 9.87. The lowest BCUT2D eigenvalue weighted by molar-refractivity contribution is -0.149. The Morgan fingerprint density at radius 1 is 1.67 bits per heavy atom. The number of nitrogens with zero attached hydrogens (tertiary/aromatic N) is 3. The number of carboxylic acid groups (broad SMARTS) is 1. The van der Waals surface area contributed by atoms with Gasteiger partial charge in [-0.2, -0.15) is 0 Å². The lowest BCUT2D eigenvalue weighted by atomic mass is 9.85. The summed E-state index contributed by atoms with van der Waals surface area (Å²) in [6.07, 6.45) is 3.02. The fourth-order valence-electron chi connectivity index (χ4n) is 1.79. The molecule has 18 heavy (non-hydrogen) atoms. The van der Waals surface area contributed by atoms with Gasteiger partial charge in [0.1, 0.15) is 12.0 Å². The number of ether oxygens (including phenoxy) is 1. The van der Waals surface area contributed by atoms with Crippen molar-refractivity contribution < 1.29 is 19.4 Å². The number of hydrogen-bond donors (Lipinski definition) is 2. The van der Waals surface area contributed by atoms with Crippen molar-refractivity contribution in [2.45, 2.75) is 19.5 Å². The summed E-state index contributed by atoms with van der Waals surface area (Å²) in [6.45, 7) is 1.86. The maximum absolute atomic E-state index is 11.7. The van der Waals surface area contributed by atoms with Crippen LogP contribution in [0.4, 0.5) is 0 Å². The molecule has 2 heterocycles. The van der Waals surface area contributed by atoms with Crippen molar-refractivity contribution in [1.82, 2.24) is 20.3 Å². The van der Waals surface area contributed by atoms with Crippen molar-refractivity contribution in [3.63, 3.8) is 0 Å². The zero-order chi connectivity index (χ0) is 13.2. The van der Waals surface area contributed by atoms with Gasteiger partial charge in [-0.15, -0.1) is 5.10 Å². The number of nitrogens with one attached hydrogen (secondary N) is 1. The van der Waals surface area contributed by atoms with E-state index in [0.717, 1.165) is 0 Å². The molecule has 1 aliphatic heterocycles. The van der Waals surface area contributed by atoms with E-state index in [1.807, 2.05) is 0 Å². The second-order valence-corrected chi connectivity index (χ2v) is 4.46. The van der Waals surface area contributed by atoms with Crippen LogP contribution in [0.1, 0.15) is 6.92 Å². The summed E-state index contributed by atoms with van der Waals surface area (Å²) in [6, 6.07) is -0.536. The quantitative estimate of drug-likeness (QED) is 0.705. The second kappa shape index (κ2) is 4.73. The van der Waals surface area contributed by atoms with E-state index in [1.165, 1.54) is 10.9 Å². The smallest absolute Gasteiger partial charge is 0.313 e. The molecule has 0 radical (unpaired) electrons. The number of aliphatic carboxylic acids is 1. The molecule has 0 saturated carbocycles. The van der Waals surface area contributed by atoms with Gasteiger partial charge in [-0.3, -0.25) is 9.59 Å². The van der Waals surface area contributed by atoms with E-state index in [2.05, 4.69) is 15.6 Å². The summed E-state index contributed by atoms with van der Waals surface area (Å²) < 4.78 is 6.50. The monoisotopic (exact) mass is 254 g/mol. The Hall–Kier alpha value is -1.96. The largest absolute Gasteiger partial charge is 0.481 e. The highest BCUT2D eigenvalue weighted by molar-refractivity contribution is 5.80. The molecule has 1 saturated heterocycles. The standard InChI is InChI=1S/C10H14N4O4/c1-10(9(16)17)6-18-5-7(10)12-8(15)4-14-3-2-11-13-14/h2-3,7H,4-6H2,1H3,(H,12,15)(H,16,17). The average Bonchev–Trinajstić information content (AvgIpc) is 2.90. The van der Waals surface area contributed by atoms with Crippen molar-refractivity contribution in [1.29, 1.82) is 0 Å². The van der Waals surface area contributed by atoms with Gasteiger partial charge in [0, 0.05) is 6.20 Å². The summed E-state index contributed by atoms with van der Waals surface area (Å²) in [5.41, 5.74) is -1.09. The van der Waals surface area contributed by atoms with Crippen LogP contribution in [0.15, 0.2) is 12.4 Å². The highest BCUT2D eigenvalue weighted by atomic mass is 16.5. The van der Waals surface area contributed by atoms with Gasteiger partial charge in [-0.05, 0) is 6.92 Å². The summed E-state index contributed by atoms with van der Waals surface area (Å²) >= 11 is 0. The van der Waals surface area contributed by atoms with E-state index in [1.54, 1.807) is 13.1 Å². The van der Waals surface area contributed by atoms with Crippen molar-refractivity contribution in [3.8, 4) is 0 Å². The number of aromatic nitrogens is 3. The SMILES string of the molecule is CC1(C(=O)O)COCC1NC(=O)Cn1ccnn1. The van der Waals surface area contributed by atoms with Crippen LogP contribution in [0, 0.1) is 5.41 Å². The van der Waals surface area contributed by atoms with Gasteiger partial charge >= 0.3 is 5.97 Å². The molecule has 8 heteroatoms. The molecule has 0 bridgehead atoms. The Labute approximate surface area is 103 Å². The molecule has 1 aromatic rings. The van der Waals surface area contributed by atoms with Gasteiger partial charge in [-0.1, -0.05) is 5.21 Å². The Bertz CT molecular complexity index is 447. The lowest BCUT2D eigenvalue weighted by Crippen LogP contribution is -2.50. The molecular formula is C10H14N4O4. The predicted molar refractivity (Wildman–Crippen MR) is 58.5 cm³/mol. The predicted octanol–water partition coefficient (Wildman–Crippen LogP) is -1.12. The molecule has 0 spiro atoms. The lowest BCUT2D eigenvalue weighted by Gasteiger charge is -2.25. The van der Waals surface area contributed by atoms with Gasteiger partial charge in [0.25, 0.3) is 0 Å². The first-order valence-corrected chi connectivity index (χ1v) is 5.47. The highest BCUT2D eigenvalue weighted by Gasteiger charge is 2.47. The molecule has 8 nitrogen and oxygen atoms in total. The molecule has 2 unspecified atom stereocenters. The first-order chi connectivity index (χ1) is 8.52. The molecule has 2 N–H and O–H groups in total. The first kappa shape index (κ1) is 12.5. The number of carbonyl (C=O) groups is 2. The van der Waals surface area contributed by atoms with Gasteiger partial charge in [0.2, 0.25) is 5.91 Å². The molecule has 2 atom stereocenters. The van der Waals surface area contributed by atoms with Crippen molar-refractivity contribution in [2.75, 3.05) is 13.2 Å². The molecule has 0 aliphatic carbocycles. The van der Waals surface area contributed by atoms with E-state index in [-0.39, 0.29) is 25.7 Å². The normalized spacial score (nSPS) is 27.1. The molecule has 2 rings (SSSR count). The molecule has 1 aromatic heterocycles. The van der Waals surface area contributed by atoms with Gasteiger partial charge in [0.15, 0.2) is 0 Å². The van der Waals surface area contributed by atoms with Crippen molar-refractivity contribution in [2.24, 2.45) is 5.41 Å². The summed E-state index contributed by atoms with van der Waals surface area (Å²) in [5.74, 6) is -1.30. The Kier molecular flexibility index (Phi) is 3.28. The Morgan fingerprint density at radius 3 is 3.06 bits per heavy atom. The number of carbonyl (C=O) groups excluding carboxylic acids is 1. The van der Waals surface area contributed by atoms with E-state index in [4.69, 9.17) is 9.84 Å². The van der Waals surface area contributed by atoms with Crippen LogP contribution < -0.4 is 5.32 Å². The van der Waals surface area contributed by atoms with Crippen LogP contribution >= 0.6 is 0 Å². The number of carboxylic acids is 1. The summed E-state index contributed by atoms with van der Waals surface area (Å²) in [4.78, 5) is 22.9. The maximum atomic E-state index is 11.7. The van der Waals surface area contributed by atoms with E-state index in [0.29, 0.717) is 0 Å². The molecule has 98 valence electrons. The Balaban J connectivity index is 1.96. The third kappa shape index (κ3) is 2.33. The van der Waals surface area contributed by atoms with Crippen LogP contribution in [0.25, 0.3) is 0 Å². The van der Waals surface area contributed by atoms with Crippen molar-refractivity contribution in [3.05, 3.63) is 12.4 Å². The van der Waals surface area contributed by atoms with Crippen LogP contribution in [0.5, 0.6) is 0 Å². The maximum Gasteiger partial charge on any atom is 0.313 e. The molecule has 1 fully saturated rings. The summed E-state index contributed by atoms with van der Waals surface area (Å²) in [5, 5.41) is 19.0. The van der Waals surface area contributed by atoms with Crippen LogP contribution in [-0.4, -0.2) is 51.2 Å². The van der Waals surface area contributed by atoms with Gasteiger partial charge < -0.3 is 15.2 Å². The van der Waals surface area contributed by atoms with Crippen LogP contribution in [0.2, 0.25) is 0 Å². The minimum atomic E-state index is -1.09. The van der Waals surface area contributed by atoms with Crippen LogP contribution in [0.3, 0.4) is 0 Å². The first-order valence-electron chi connectivity index (χ1n) is 5.47. The zero-order valence-corrected chi connectivity index (χ0v) is 9.87. The fourth-order valence-corrected chi connectivity index (χ4v) is 1.79. The molecule has 1 aliphatic rings. The van der Waals surface area contributed by atoms with E-state index >= 15 is 0 Å². The summed E-state index contributed by atoms with van der Waals surface area (Å²) in [7, 11) is 0. The minimum absolute atomic E-state index is 0.00615. The third-order valence-electron chi connectivity index (χ3n) is 3.06. The van der Waals surface area contributed by atoms with E-state index in [9.17, 15) is 9.59 Å². The van der Waals surface area contributed by atoms with Gasteiger partial charge in [-0.25, -0.2) is 4.68 Å². The third-order valence-corrected chi connectivity index (χ3v) is 3.06. The molecule has 1 amide bonds. The highest BCUT2D eigenvalue weighted by Crippen LogP contribution is 2.28. The number of hydrogen-bond acceptors (Lipinski definition) is 5. The van der Waals surface area contributed by atoms with E-state index < -0.39 is 17.4 Å². The van der Waals surface area contributed by atoms with Crippen molar-refractivity contribution >= 4 is 11.9 Å². The number of rotatable bonds is 4. The number of amides is 1. The van der Waals surface area contributed by atoms with Gasteiger partial charge in [0.05, 0.1) is 25.5 Å². The average molecular weight is 254 g/mol. The molecule has 0 aromatic carbocycles.